The van der Waals surface area contributed by atoms with Crippen LogP contribution in [0, 0.1) is 6.92 Å². The van der Waals surface area contributed by atoms with Crippen molar-refractivity contribution in [2.45, 2.75) is 19.8 Å². The number of aromatic amines is 1. The smallest absolute Gasteiger partial charge is 0.274 e. The van der Waals surface area contributed by atoms with Crippen LogP contribution in [0.4, 0.5) is 5.69 Å². The van der Waals surface area contributed by atoms with Gasteiger partial charge in [-0.25, -0.2) is 4.98 Å². The van der Waals surface area contributed by atoms with Crippen LogP contribution in [0.5, 0.6) is 0 Å². The Labute approximate surface area is 121 Å². The number of anilines is 1. The van der Waals surface area contributed by atoms with Crippen LogP contribution >= 0.6 is 0 Å². The first-order chi connectivity index (χ1) is 10.2. The fourth-order valence-electron chi connectivity index (χ4n) is 2.19. The summed E-state index contributed by atoms with van der Waals surface area (Å²) in [5.74, 6) is 1.21. The Morgan fingerprint density at radius 2 is 2.05 bits per heavy atom. The second-order valence-electron chi connectivity index (χ2n) is 4.94. The average molecular weight is 283 g/mol. The molecule has 3 aromatic rings. The van der Waals surface area contributed by atoms with Crippen molar-refractivity contribution in [2.75, 3.05) is 11.9 Å². The summed E-state index contributed by atoms with van der Waals surface area (Å²) in [6.07, 6.45) is 1.68. The van der Waals surface area contributed by atoms with E-state index >= 15 is 0 Å². The zero-order valence-corrected chi connectivity index (χ0v) is 11.8. The summed E-state index contributed by atoms with van der Waals surface area (Å²) in [6.45, 7) is 2.64. The topological polar surface area (TPSA) is 75.1 Å². The first kappa shape index (κ1) is 13.4. The molecule has 0 saturated carbocycles. The third kappa shape index (κ3) is 3.10. The molecule has 0 radical (unpaired) electrons. The van der Waals surface area contributed by atoms with Gasteiger partial charge >= 0.3 is 0 Å². The van der Waals surface area contributed by atoms with Gasteiger partial charge in [0.05, 0.1) is 0 Å². The molecule has 0 aliphatic rings. The predicted molar refractivity (Wildman–Crippen MR) is 81.6 cm³/mol. The van der Waals surface area contributed by atoms with E-state index in [1.54, 1.807) is 6.92 Å². The fourth-order valence-corrected chi connectivity index (χ4v) is 2.19. The van der Waals surface area contributed by atoms with Gasteiger partial charge in [-0.15, -0.1) is 0 Å². The molecule has 0 aliphatic heterocycles. The summed E-state index contributed by atoms with van der Waals surface area (Å²) in [7, 11) is 0. The zero-order chi connectivity index (χ0) is 14.7. The maximum Gasteiger partial charge on any atom is 0.274 e. The number of fused-ring (bicyclic) bond motifs is 1. The van der Waals surface area contributed by atoms with Gasteiger partial charge in [-0.1, -0.05) is 18.2 Å². The Balaban J connectivity index is 1.61. The van der Waals surface area contributed by atoms with Crippen molar-refractivity contribution in [1.82, 2.24) is 19.6 Å². The van der Waals surface area contributed by atoms with Crippen LogP contribution in [0.1, 0.15) is 17.9 Å². The van der Waals surface area contributed by atoms with Gasteiger partial charge in [0.15, 0.2) is 0 Å². The molecule has 6 nitrogen and oxygen atoms in total. The molecule has 2 heterocycles. The third-order valence-corrected chi connectivity index (χ3v) is 3.20. The van der Waals surface area contributed by atoms with Gasteiger partial charge in [-0.2, -0.15) is 9.50 Å². The number of nitrogens with one attached hydrogen (secondary N) is 2. The van der Waals surface area contributed by atoms with E-state index in [-0.39, 0.29) is 5.56 Å². The Bertz CT molecular complexity index is 791. The minimum Gasteiger partial charge on any atom is -0.385 e. The van der Waals surface area contributed by atoms with E-state index < -0.39 is 0 Å². The molecule has 2 aromatic heterocycles. The van der Waals surface area contributed by atoms with Crippen LogP contribution in [0.2, 0.25) is 0 Å². The minimum atomic E-state index is -0.126. The molecule has 0 bridgehead atoms. The molecule has 0 fully saturated rings. The van der Waals surface area contributed by atoms with Crippen molar-refractivity contribution in [3.8, 4) is 0 Å². The van der Waals surface area contributed by atoms with Gasteiger partial charge in [-0.3, -0.25) is 9.89 Å². The molecule has 1 aromatic carbocycles. The second kappa shape index (κ2) is 5.78. The Hall–Kier alpha value is -2.63. The molecule has 3 rings (SSSR count). The normalized spacial score (nSPS) is 10.9. The molecule has 2 N–H and O–H groups in total. The number of rotatable bonds is 5. The highest BCUT2D eigenvalue weighted by Gasteiger charge is 2.05. The van der Waals surface area contributed by atoms with Gasteiger partial charge in [0.1, 0.15) is 5.82 Å². The molecule has 21 heavy (non-hydrogen) atoms. The van der Waals surface area contributed by atoms with Crippen molar-refractivity contribution >= 4 is 11.5 Å². The summed E-state index contributed by atoms with van der Waals surface area (Å²) in [5.41, 5.74) is 1.66. The predicted octanol–water partition coefficient (Wildman–Crippen LogP) is 1.77. The highest BCUT2D eigenvalue weighted by molar-refractivity contribution is 5.42. The van der Waals surface area contributed by atoms with Crippen LogP contribution in [-0.4, -0.2) is 26.1 Å². The zero-order valence-electron chi connectivity index (χ0n) is 11.8. The lowest BCUT2D eigenvalue weighted by molar-refractivity contribution is 0.783. The maximum absolute atomic E-state index is 11.8. The van der Waals surface area contributed by atoms with E-state index in [1.165, 1.54) is 10.6 Å². The van der Waals surface area contributed by atoms with Crippen molar-refractivity contribution in [3.05, 3.63) is 58.3 Å². The van der Waals surface area contributed by atoms with Crippen LogP contribution < -0.4 is 10.9 Å². The lowest BCUT2D eigenvalue weighted by Crippen LogP contribution is -2.14. The molecular weight excluding hydrogens is 266 g/mol. The largest absolute Gasteiger partial charge is 0.385 e. The molecular formula is C15H17N5O. The van der Waals surface area contributed by atoms with Crippen molar-refractivity contribution in [2.24, 2.45) is 0 Å². The van der Waals surface area contributed by atoms with Gasteiger partial charge in [-0.05, 0) is 25.5 Å². The minimum absolute atomic E-state index is 0.126. The molecule has 0 atom stereocenters. The number of hydrogen-bond donors (Lipinski definition) is 2. The summed E-state index contributed by atoms with van der Waals surface area (Å²) in [5, 5.41) is 6.34. The van der Waals surface area contributed by atoms with Crippen molar-refractivity contribution in [1.29, 1.82) is 0 Å². The third-order valence-electron chi connectivity index (χ3n) is 3.20. The number of para-hydroxylation sites is 1. The monoisotopic (exact) mass is 283 g/mol. The Morgan fingerprint density at radius 3 is 2.86 bits per heavy atom. The van der Waals surface area contributed by atoms with E-state index in [9.17, 15) is 4.79 Å². The van der Waals surface area contributed by atoms with Crippen molar-refractivity contribution < 1.29 is 0 Å². The summed E-state index contributed by atoms with van der Waals surface area (Å²) in [6, 6.07) is 11.6. The number of benzene rings is 1. The second-order valence-corrected chi connectivity index (χ2v) is 4.94. The standard InChI is InChI=1S/C15H17N5O/c1-11-10-14(21)20-15(17-11)18-13(19-20)8-5-9-16-12-6-3-2-4-7-12/h2-4,6-7,10,16H,5,8-9H2,1H3,(H,17,18,19). The highest BCUT2D eigenvalue weighted by Crippen LogP contribution is 2.05. The van der Waals surface area contributed by atoms with Gasteiger partial charge < -0.3 is 5.32 Å². The molecule has 0 unspecified atom stereocenters. The quantitative estimate of drug-likeness (QED) is 0.700. The number of aryl methyl sites for hydroxylation is 2. The first-order valence-electron chi connectivity index (χ1n) is 6.96. The van der Waals surface area contributed by atoms with Gasteiger partial charge in [0.2, 0.25) is 0 Å². The SMILES string of the molecule is Cc1cc(=O)n2[nH]c(CCCNc3ccccc3)nc2n1. The summed E-state index contributed by atoms with van der Waals surface area (Å²) < 4.78 is 1.38. The molecule has 0 spiro atoms. The molecule has 0 saturated heterocycles. The first-order valence-corrected chi connectivity index (χ1v) is 6.96. The number of hydrogen-bond acceptors (Lipinski definition) is 4. The maximum atomic E-state index is 11.8. The molecule has 108 valence electrons. The Kier molecular flexibility index (Phi) is 3.68. The van der Waals surface area contributed by atoms with Gasteiger partial charge in [0, 0.05) is 30.4 Å². The van der Waals surface area contributed by atoms with Gasteiger partial charge in [0.25, 0.3) is 11.3 Å². The van der Waals surface area contributed by atoms with Crippen LogP contribution in [0.25, 0.3) is 5.78 Å². The summed E-state index contributed by atoms with van der Waals surface area (Å²) in [4.78, 5) is 20.4. The van der Waals surface area contributed by atoms with E-state index in [1.807, 2.05) is 30.3 Å². The molecule has 0 amide bonds. The fraction of sp³-hybridized carbons (Fsp3) is 0.267. The number of nitrogens with zero attached hydrogens (tertiary/aromatic N) is 3. The lowest BCUT2D eigenvalue weighted by atomic mass is 10.2. The molecule has 0 aliphatic carbocycles. The Morgan fingerprint density at radius 1 is 1.24 bits per heavy atom. The summed E-state index contributed by atoms with van der Waals surface area (Å²) >= 11 is 0. The van der Waals surface area contributed by atoms with Crippen LogP contribution in [-0.2, 0) is 6.42 Å². The average Bonchev–Trinajstić information content (AvgIpc) is 2.88. The lowest BCUT2D eigenvalue weighted by Gasteiger charge is -2.04. The van der Waals surface area contributed by atoms with E-state index in [4.69, 9.17) is 0 Å². The van der Waals surface area contributed by atoms with E-state index in [0.29, 0.717) is 11.5 Å². The van der Waals surface area contributed by atoms with Crippen molar-refractivity contribution in [3.63, 3.8) is 0 Å². The number of aromatic nitrogens is 4. The molecule has 6 heteroatoms. The number of H-pyrrole nitrogens is 1. The van der Waals surface area contributed by atoms with Crippen LogP contribution in [0.3, 0.4) is 0 Å². The van der Waals surface area contributed by atoms with Crippen LogP contribution in [0.15, 0.2) is 41.2 Å². The highest BCUT2D eigenvalue weighted by atomic mass is 16.1. The van der Waals surface area contributed by atoms with E-state index in [2.05, 4.69) is 20.4 Å². The van der Waals surface area contributed by atoms with E-state index in [0.717, 1.165) is 30.9 Å².